The first-order valence-corrected chi connectivity index (χ1v) is 11.7. The van der Waals surface area contributed by atoms with E-state index in [1.165, 1.54) is 0 Å². The molecule has 4 aromatic rings. The minimum absolute atomic E-state index is 0.0737. The molecule has 1 N–H and O–H groups in total. The van der Waals surface area contributed by atoms with E-state index in [2.05, 4.69) is 36.4 Å². The first-order chi connectivity index (χ1) is 17.1. The van der Waals surface area contributed by atoms with Gasteiger partial charge in [-0.1, -0.05) is 103 Å². The van der Waals surface area contributed by atoms with Crippen molar-refractivity contribution in [2.24, 2.45) is 0 Å². The van der Waals surface area contributed by atoms with Crippen LogP contribution in [-0.4, -0.2) is 16.1 Å². The van der Waals surface area contributed by atoms with Crippen LogP contribution in [0.1, 0.15) is 33.7 Å². The fourth-order valence-corrected chi connectivity index (χ4v) is 5.84. The summed E-state index contributed by atoms with van der Waals surface area (Å²) in [5.41, 5.74) is 6.34. The summed E-state index contributed by atoms with van der Waals surface area (Å²) in [6.07, 6.45) is 6.89. The normalized spacial score (nSPS) is 19.2. The largest absolute Gasteiger partial charge is 0.508 e. The van der Waals surface area contributed by atoms with Crippen LogP contribution in [0.15, 0.2) is 121 Å². The van der Waals surface area contributed by atoms with E-state index in [1.54, 1.807) is 18.2 Å². The lowest BCUT2D eigenvalue weighted by Gasteiger charge is -2.34. The Morgan fingerprint density at radius 2 is 1.31 bits per heavy atom. The number of allylic oxidation sites excluding steroid dienone is 2. The van der Waals surface area contributed by atoms with Crippen molar-refractivity contribution in [3.8, 4) is 16.9 Å². The summed E-state index contributed by atoms with van der Waals surface area (Å²) in [5, 5.41) is 23.1. The Morgan fingerprint density at radius 3 is 1.97 bits per heavy atom. The molecule has 170 valence electrons. The number of rotatable bonds is 4. The Balaban J connectivity index is 1.68. The number of hydrogen-bond acceptors (Lipinski definition) is 3. The number of benzene rings is 4. The van der Waals surface area contributed by atoms with Crippen molar-refractivity contribution in [2.75, 3.05) is 0 Å². The van der Waals surface area contributed by atoms with Gasteiger partial charge in [-0.05, 0) is 51.6 Å². The van der Waals surface area contributed by atoms with Gasteiger partial charge in [0.25, 0.3) is 0 Å². The molecule has 0 saturated carbocycles. The molecule has 4 nitrogen and oxygen atoms in total. The number of nitrogens with zero attached hydrogens (tertiary/aromatic N) is 1. The molecule has 0 heterocycles. The standard InChI is InChI=1S/C31H23NO3/c33-30-20-28-25(19-26(30)24-16-8-10-18-29(24)32(34)35)23-15-7-9-17-27(23)31(28,21-11-3-1-4-12-21)22-13-5-2-6-14-22/h1-20,24,29,33H. The highest BCUT2D eigenvalue weighted by molar-refractivity contribution is 5.87. The van der Waals surface area contributed by atoms with Crippen molar-refractivity contribution in [3.05, 3.63) is 159 Å². The second-order valence-corrected chi connectivity index (χ2v) is 9.06. The van der Waals surface area contributed by atoms with E-state index in [0.717, 1.165) is 33.4 Å². The quantitative estimate of drug-likeness (QED) is 0.244. The van der Waals surface area contributed by atoms with Crippen molar-refractivity contribution in [1.82, 2.24) is 0 Å². The fourth-order valence-electron chi connectivity index (χ4n) is 5.84. The molecular weight excluding hydrogens is 434 g/mol. The van der Waals surface area contributed by atoms with Gasteiger partial charge < -0.3 is 5.11 Å². The average molecular weight is 458 g/mol. The van der Waals surface area contributed by atoms with Crippen LogP contribution in [0.3, 0.4) is 0 Å². The van der Waals surface area contributed by atoms with Crippen LogP contribution in [0.5, 0.6) is 5.75 Å². The molecule has 6 rings (SSSR count). The van der Waals surface area contributed by atoms with E-state index in [4.69, 9.17) is 0 Å². The number of nitro groups is 1. The van der Waals surface area contributed by atoms with Crippen molar-refractivity contribution in [3.63, 3.8) is 0 Å². The highest BCUT2D eigenvalue weighted by atomic mass is 16.6. The van der Waals surface area contributed by atoms with Gasteiger partial charge in [0.15, 0.2) is 0 Å². The zero-order valence-corrected chi connectivity index (χ0v) is 18.9. The highest BCUT2D eigenvalue weighted by Crippen LogP contribution is 2.57. The number of phenols is 1. The van der Waals surface area contributed by atoms with Gasteiger partial charge in [0.1, 0.15) is 5.75 Å². The average Bonchev–Trinajstić information content (AvgIpc) is 3.19. The lowest BCUT2D eigenvalue weighted by atomic mass is 9.67. The summed E-state index contributed by atoms with van der Waals surface area (Å²) in [7, 11) is 0. The van der Waals surface area contributed by atoms with Crippen LogP contribution in [0.25, 0.3) is 11.1 Å². The van der Waals surface area contributed by atoms with Crippen LogP contribution in [0.2, 0.25) is 0 Å². The van der Waals surface area contributed by atoms with Gasteiger partial charge in [0.2, 0.25) is 6.04 Å². The van der Waals surface area contributed by atoms with Gasteiger partial charge in [0, 0.05) is 10.5 Å². The Hall–Kier alpha value is -4.44. The van der Waals surface area contributed by atoms with E-state index < -0.39 is 17.4 Å². The Morgan fingerprint density at radius 1 is 0.714 bits per heavy atom. The molecule has 35 heavy (non-hydrogen) atoms. The number of fused-ring (bicyclic) bond motifs is 3. The second-order valence-electron chi connectivity index (χ2n) is 9.06. The third-order valence-electron chi connectivity index (χ3n) is 7.31. The van der Waals surface area contributed by atoms with E-state index >= 15 is 0 Å². The maximum atomic E-state index is 11.8. The molecule has 4 aromatic carbocycles. The highest BCUT2D eigenvalue weighted by Gasteiger charge is 2.47. The molecule has 2 aliphatic rings. The molecule has 2 unspecified atom stereocenters. The molecule has 0 aromatic heterocycles. The predicted octanol–water partition coefficient (Wildman–Crippen LogP) is 6.61. The molecule has 0 bridgehead atoms. The van der Waals surface area contributed by atoms with Crippen LogP contribution >= 0.6 is 0 Å². The molecule has 0 aliphatic heterocycles. The predicted molar refractivity (Wildman–Crippen MR) is 137 cm³/mol. The Bertz CT molecular complexity index is 1450. The molecule has 0 amide bonds. The second kappa shape index (κ2) is 8.10. The minimum atomic E-state index is -0.923. The third-order valence-corrected chi connectivity index (χ3v) is 7.31. The van der Waals surface area contributed by atoms with E-state index in [-0.39, 0.29) is 10.7 Å². The van der Waals surface area contributed by atoms with Crippen molar-refractivity contribution in [1.29, 1.82) is 0 Å². The fraction of sp³-hybridized carbons (Fsp3) is 0.0968. The third kappa shape index (κ3) is 3.07. The van der Waals surface area contributed by atoms with Gasteiger partial charge in [-0.3, -0.25) is 10.1 Å². The summed E-state index contributed by atoms with van der Waals surface area (Å²) >= 11 is 0. The summed E-state index contributed by atoms with van der Waals surface area (Å²) in [5.74, 6) is -0.472. The molecule has 2 atom stereocenters. The first-order valence-electron chi connectivity index (χ1n) is 11.7. The smallest absolute Gasteiger partial charge is 0.241 e. The van der Waals surface area contributed by atoms with Crippen molar-refractivity contribution in [2.45, 2.75) is 17.4 Å². The first kappa shape index (κ1) is 21.1. The Labute approximate surface area is 203 Å². The van der Waals surface area contributed by atoms with Crippen LogP contribution in [0, 0.1) is 10.1 Å². The summed E-state index contributed by atoms with van der Waals surface area (Å²) in [6.45, 7) is 0. The number of phenolic OH excluding ortho intramolecular Hbond substituents is 1. The van der Waals surface area contributed by atoms with Gasteiger partial charge >= 0.3 is 0 Å². The molecule has 2 aliphatic carbocycles. The monoisotopic (exact) mass is 457 g/mol. The molecule has 0 saturated heterocycles. The zero-order valence-electron chi connectivity index (χ0n) is 18.9. The molecule has 0 spiro atoms. The van der Waals surface area contributed by atoms with Gasteiger partial charge in [0.05, 0.1) is 11.3 Å². The summed E-state index contributed by atoms with van der Waals surface area (Å²) < 4.78 is 0. The maximum Gasteiger partial charge on any atom is 0.241 e. The van der Waals surface area contributed by atoms with Gasteiger partial charge in [-0.2, -0.15) is 0 Å². The topological polar surface area (TPSA) is 63.4 Å². The maximum absolute atomic E-state index is 11.8. The zero-order chi connectivity index (χ0) is 24.0. The molecule has 0 radical (unpaired) electrons. The van der Waals surface area contributed by atoms with Crippen LogP contribution in [0.4, 0.5) is 0 Å². The lowest BCUT2D eigenvalue weighted by Crippen LogP contribution is -2.29. The molecule has 4 heteroatoms. The number of hydrogen-bond donors (Lipinski definition) is 1. The molecule has 0 fully saturated rings. The van der Waals surface area contributed by atoms with E-state index in [0.29, 0.717) is 5.56 Å². The van der Waals surface area contributed by atoms with E-state index in [1.807, 2.05) is 66.7 Å². The van der Waals surface area contributed by atoms with Crippen LogP contribution in [-0.2, 0) is 5.41 Å². The number of aromatic hydroxyl groups is 1. The minimum Gasteiger partial charge on any atom is -0.508 e. The molecular formula is C31H23NO3. The van der Waals surface area contributed by atoms with Crippen molar-refractivity contribution < 1.29 is 10.0 Å². The Kier molecular flexibility index (Phi) is 4.89. The van der Waals surface area contributed by atoms with Crippen LogP contribution < -0.4 is 0 Å². The van der Waals surface area contributed by atoms with Crippen molar-refractivity contribution >= 4 is 0 Å². The van der Waals surface area contributed by atoms with Gasteiger partial charge in [-0.15, -0.1) is 0 Å². The van der Waals surface area contributed by atoms with Gasteiger partial charge in [-0.25, -0.2) is 0 Å². The summed E-state index contributed by atoms with van der Waals surface area (Å²) in [6, 6.07) is 31.8. The van der Waals surface area contributed by atoms with E-state index in [9.17, 15) is 15.2 Å². The SMILES string of the molecule is O=[N+]([O-])C1C=CC=CC1c1cc2c(cc1O)C(c1ccccc1)(c1ccccc1)c1ccccc1-2. The summed E-state index contributed by atoms with van der Waals surface area (Å²) in [4.78, 5) is 11.5. The lowest BCUT2D eigenvalue weighted by molar-refractivity contribution is -0.511.